The van der Waals surface area contributed by atoms with Crippen LogP contribution in [0.4, 0.5) is 0 Å². The van der Waals surface area contributed by atoms with Crippen LogP contribution in [0.25, 0.3) is 0 Å². The monoisotopic (exact) mass is 1340 g/mol. The third-order valence-electron chi connectivity index (χ3n) is 16.9. The van der Waals surface area contributed by atoms with Gasteiger partial charge >= 0.3 is 39.5 Å². The Morgan fingerprint density at radius 2 is 0.527 bits per heavy atom. The topological polar surface area (TPSA) is 237 Å². The molecule has 6 atom stereocenters. The van der Waals surface area contributed by atoms with E-state index >= 15 is 0 Å². The molecule has 3 N–H and O–H groups in total. The number of rotatable bonds is 69. The van der Waals surface area contributed by atoms with Crippen LogP contribution in [0.15, 0.2) is 0 Å². The summed E-state index contributed by atoms with van der Waals surface area (Å²) in [6, 6.07) is 0. The maximum Gasteiger partial charge on any atom is 0.472 e. The van der Waals surface area contributed by atoms with Crippen LogP contribution in [-0.4, -0.2) is 96.7 Å². The lowest BCUT2D eigenvalue weighted by Gasteiger charge is -2.21. The van der Waals surface area contributed by atoms with Crippen LogP contribution in [0.5, 0.6) is 0 Å². The molecule has 0 rings (SSSR count). The number of aliphatic hydroxyl groups excluding tert-OH is 1. The van der Waals surface area contributed by atoms with Crippen molar-refractivity contribution in [3.63, 3.8) is 0 Å². The van der Waals surface area contributed by atoms with Crippen molar-refractivity contribution in [3.8, 4) is 0 Å². The second kappa shape index (κ2) is 61.6. The Labute approximate surface area is 556 Å². The minimum absolute atomic E-state index is 0.102. The number of hydrogen-bond acceptors (Lipinski definition) is 15. The molecule has 0 aliphatic heterocycles. The van der Waals surface area contributed by atoms with Crippen molar-refractivity contribution in [2.45, 2.75) is 375 Å². The minimum atomic E-state index is -4.95. The van der Waals surface area contributed by atoms with E-state index in [1.165, 1.54) is 148 Å². The maximum absolute atomic E-state index is 13.0. The van der Waals surface area contributed by atoms with Crippen molar-refractivity contribution >= 4 is 39.5 Å². The zero-order chi connectivity index (χ0) is 67.5. The van der Waals surface area contributed by atoms with Crippen molar-refractivity contribution < 1.29 is 80.2 Å². The number of carbonyl (C=O) groups is 4. The molecule has 19 heteroatoms. The van der Waals surface area contributed by atoms with Gasteiger partial charge in [-0.3, -0.25) is 37.3 Å². The summed E-state index contributed by atoms with van der Waals surface area (Å²) in [5, 5.41) is 10.6. The average molecular weight is 1340 g/mol. The van der Waals surface area contributed by atoms with E-state index in [-0.39, 0.29) is 25.7 Å². The lowest BCUT2D eigenvalue weighted by atomic mass is 10.00. The van der Waals surface area contributed by atoms with E-state index in [1.807, 2.05) is 0 Å². The van der Waals surface area contributed by atoms with E-state index in [4.69, 9.17) is 37.0 Å². The third kappa shape index (κ3) is 65.1. The molecule has 91 heavy (non-hydrogen) atoms. The van der Waals surface area contributed by atoms with Gasteiger partial charge in [0.15, 0.2) is 12.2 Å². The lowest BCUT2D eigenvalue weighted by molar-refractivity contribution is -0.161. The van der Waals surface area contributed by atoms with Crippen molar-refractivity contribution in [3.05, 3.63) is 0 Å². The largest absolute Gasteiger partial charge is 0.472 e. The van der Waals surface area contributed by atoms with Crippen LogP contribution >= 0.6 is 15.6 Å². The summed E-state index contributed by atoms with van der Waals surface area (Å²) >= 11 is 0. The SMILES string of the molecule is CCC(C)CCCCCCCCC(=O)OC[C@H](COP(=O)(O)OCC(O)COP(=O)(O)OC[C@@H](COC(=O)CCCCCCCCCC(C)C)OC(=O)CCCCCCCCCCCCCCCCCCCCC(C)C)OC(=O)CCCCCCCCCC(C)C. The number of esters is 4. The van der Waals surface area contributed by atoms with Gasteiger partial charge in [-0.15, -0.1) is 0 Å². The molecule has 4 unspecified atom stereocenters. The predicted molar refractivity (Wildman–Crippen MR) is 367 cm³/mol. The third-order valence-corrected chi connectivity index (χ3v) is 18.8. The molecule has 0 aromatic heterocycles. The summed E-state index contributed by atoms with van der Waals surface area (Å²) < 4.78 is 68.3. The van der Waals surface area contributed by atoms with Gasteiger partial charge in [-0.05, 0) is 49.4 Å². The Kier molecular flexibility index (Phi) is 60.3. The molecule has 0 fully saturated rings. The maximum atomic E-state index is 13.0. The predicted octanol–water partition coefficient (Wildman–Crippen LogP) is 20.5. The van der Waals surface area contributed by atoms with Crippen LogP contribution in [0.2, 0.25) is 0 Å². The number of hydrogen-bond donors (Lipinski definition) is 3. The molecule has 0 bridgehead atoms. The Hall–Kier alpha value is -1.94. The van der Waals surface area contributed by atoms with Crippen molar-refractivity contribution in [2.24, 2.45) is 23.7 Å². The summed E-state index contributed by atoms with van der Waals surface area (Å²) in [6.07, 6.45) is 44.8. The molecule has 0 amide bonds. The second-order valence-corrected chi connectivity index (χ2v) is 30.6. The summed E-state index contributed by atoms with van der Waals surface area (Å²) in [4.78, 5) is 72.5. The molecule has 0 saturated heterocycles. The Bertz CT molecular complexity index is 1800. The van der Waals surface area contributed by atoms with Crippen molar-refractivity contribution in [2.75, 3.05) is 39.6 Å². The number of carbonyl (C=O) groups excluding carboxylic acids is 4. The molecule has 0 heterocycles. The number of aliphatic hydroxyl groups is 1. The number of phosphoric acid groups is 2. The summed E-state index contributed by atoms with van der Waals surface area (Å²) in [5.41, 5.74) is 0. The van der Waals surface area contributed by atoms with Gasteiger partial charge in [0.2, 0.25) is 0 Å². The summed E-state index contributed by atoms with van der Waals surface area (Å²) in [7, 11) is -9.90. The number of unbranched alkanes of at least 4 members (excludes halogenated alkanes) is 34. The second-order valence-electron chi connectivity index (χ2n) is 27.6. The van der Waals surface area contributed by atoms with E-state index in [9.17, 15) is 43.2 Å². The van der Waals surface area contributed by atoms with Gasteiger partial charge in [0, 0.05) is 25.7 Å². The Morgan fingerprint density at radius 3 is 0.780 bits per heavy atom. The van der Waals surface area contributed by atoms with Crippen LogP contribution in [0.1, 0.15) is 357 Å². The Balaban J connectivity index is 5.16. The molecule has 0 aromatic rings. The Morgan fingerprint density at radius 1 is 0.308 bits per heavy atom. The molecule has 0 aliphatic carbocycles. The highest BCUT2D eigenvalue weighted by molar-refractivity contribution is 7.47. The van der Waals surface area contributed by atoms with Gasteiger partial charge in [-0.1, -0.05) is 306 Å². The van der Waals surface area contributed by atoms with Gasteiger partial charge < -0.3 is 33.8 Å². The molecular weight excluding hydrogens is 1200 g/mol. The quantitative estimate of drug-likeness (QED) is 0.0222. The van der Waals surface area contributed by atoms with Crippen LogP contribution in [0.3, 0.4) is 0 Å². The van der Waals surface area contributed by atoms with Crippen molar-refractivity contribution in [1.82, 2.24) is 0 Å². The molecule has 0 aromatic carbocycles. The number of phosphoric ester groups is 2. The first-order valence-corrected chi connectivity index (χ1v) is 40.2. The van der Waals surface area contributed by atoms with E-state index < -0.39 is 97.5 Å². The highest BCUT2D eigenvalue weighted by Gasteiger charge is 2.30. The fourth-order valence-corrected chi connectivity index (χ4v) is 12.4. The molecule has 0 saturated carbocycles. The summed E-state index contributed by atoms with van der Waals surface area (Å²) in [6.45, 7) is 14.0. The van der Waals surface area contributed by atoms with Gasteiger partial charge in [0.25, 0.3) is 0 Å². The van der Waals surface area contributed by atoms with E-state index in [1.54, 1.807) is 0 Å². The summed E-state index contributed by atoms with van der Waals surface area (Å²) in [5.74, 6) is 0.820. The smallest absolute Gasteiger partial charge is 0.462 e. The molecule has 540 valence electrons. The molecular formula is C72H140O17P2. The highest BCUT2D eigenvalue weighted by atomic mass is 31.2. The molecule has 0 radical (unpaired) electrons. The fraction of sp³-hybridized carbons (Fsp3) is 0.944. The van der Waals surface area contributed by atoms with E-state index in [0.29, 0.717) is 37.5 Å². The van der Waals surface area contributed by atoms with Gasteiger partial charge in [-0.2, -0.15) is 0 Å². The fourth-order valence-electron chi connectivity index (χ4n) is 10.8. The highest BCUT2D eigenvalue weighted by Crippen LogP contribution is 2.45. The minimum Gasteiger partial charge on any atom is -0.462 e. The lowest BCUT2D eigenvalue weighted by Crippen LogP contribution is -2.30. The van der Waals surface area contributed by atoms with E-state index in [2.05, 4.69) is 55.4 Å². The van der Waals surface area contributed by atoms with Crippen LogP contribution in [-0.2, 0) is 65.4 Å². The molecule has 0 spiro atoms. The first-order valence-electron chi connectivity index (χ1n) is 37.2. The average Bonchev–Trinajstić information content (AvgIpc) is 3.05. The molecule has 17 nitrogen and oxygen atoms in total. The van der Waals surface area contributed by atoms with Gasteiger partial charge in [0.1, 0.15) is 19.3 Å². The van der Waals surface area contributed by atoms with Gasteiger partial charge in [-0.25, -0.2) is 9.13 Å². The van der Waals surface area contributed by atoms with Crippen LogP contribution < -0.4 is 0 Å². The van der Waals surface area contributed by atoms with Crippen molar-refractivity contribution in [1.29, 1.82) is 0 Å². The normalized spacial score (nSPS) is 14.5. The zero-order valence-electron chi connectivity index (χ0n) is 59.5. The molecule has 0 aliphatic rings. The van der Waals surface area contributed by atoms with Gasteiger partial charge in [0.05, 0.1) is 26.4 Å². The first-order chi connectivity index (χ1) is 43.6. The van der Waals surface area contributed by atoms with E-state index in [0.717, 1.165) is 115 Å². The zero-order valence-corrected chi connectivity index (χ0v) is 61.3. The standard InChI is InChI=1S/C72H140O17P2/c1-9-65(8)51-43-35-30-31-37-45-53-70(75)83-59-68(89-72(77)55-47-39-29-23-26-34-42-50-64(6)7)61-87-91(80,81)85-57-66(73)56-84-90(78,79)86-60-67(58-82-69(74)52-44-36-28-22-25-33-41-49-63(4)5)88-71(76)54-46-38-27-21-19-17-15-13-11-10-12-14-16-18-20-24-32-40-48-62(2)3/h62-68,73H,9-61H2,1-8H3,(H,78,79)(H,80,81)/t65?,66?,67-,68-/m1/s1. The number of ether oxygens (including phenoxy) is 4. The first kappa shape index (κ1) is 89.1. The van der Waals surface area contributed by atoms with Crippen LogP contribution in [0, 0.1) is 23.7 Å².